The first-order chi connectivity index (χ1) is 15.9. The fourth-order valence-electron chi connectivity index (χ4n) is 4.35. The van der Waals surface area contributed by atoms with E-state index in [1.54, 1.807) is 29.6 Å². The van der Waals surface area contributed by atoms with Crippen LogP contribution in [0.25, 0.3) is 16.9 Å². The standard InChI is InChI=1S/C24H27N7O2/c1-24(2,3)33-23(32)30-9-8-26-12-18(30)21-20-17(16-4-5-16)13-31(22(20)29-14-28-21)19-10-15(11-25)6-7-27-19/h6-7,10,13-14,16,18,26H,4-5,8-9,12H2,1-3H3. The van der Waals surface area contributed by atoms with E-state index in [0.717, 1.165) is 29.6 Å². The lowest BCUT2D eigenvalue weighted by Crippen LogP contribution is -2.50. The van der Waals surface area contributed by atoms with Gasteiger partial charge in [0.1, 0.15) is 23.4 Å². The summed E-state index contributed by atoms with van der Waals surface area (Å²) in [5, 5.41) is 13.7. The molecule has 1 aliphatic carbocycles. The summed E-state index contributed by atoms with van der Waals surface area (Å²) in [6, 6.07) is 5.34. The highest BCUT2D eigenvalue weighted by Gasteiger charge is 2.36. The highest BCUT2D eigenvalue weighted by molar-refractivity contribution is 5.86. The normalized spacial score (nSPS) is 18.8. The second-order valence-electron chi connectivity index (χ2n) is 9.59. The molecular weight excluding hydrogens is 418 g/mol. The number of fused-ring (bicyclic) bond motifs is 1. The first kappa shape index (κ1) is 21.3. The highest BCUT2D eigenvalue weighted by atomic mass is 16.6. The number of aromatic nitrogens is 4. The van der Waals surface area contributed by atoms with Crippen LogP contribution in [0.15, 0.2) is 30.9 Å². The van der Waals surface area contributed by atoms with Crippen LogP contribution >= 0.6 is 0 Å². The van der Waals surface area contributed by atoms with Gasteiger partial charge in [0.2, 0.25) is 0 Å². The van der Waals surface area contributed by atoms with Crippen molar-refractivity contribution in [2.75, 3.05) is 19.6 Å². The van der Waals surface area contributed by atoms with Crippen LogP contribution in [0.2, 0.25) is 0 Å². The third-order valence-corrected chi connectivity index (χ3v) is 5.97. The van der Waals surface area contributed by atoms with Crippen LogP contribution in [0.5, 0.6) is 0 Å². The number of hydrogen-bond acceptors (Lipinski definition) is 7. The molecule has 0 radical (unpaired) electrons. The van der Waals surface area contributed by atoms with Crippen LogP contribution in [0.3, 0.4) is 0 Å². The predicted octanol–water partition coefficient (Wildman–Crippen LogP) is 3.45. The maximum absolute atomic E-state index is 13.0. The van der Waals surface area contributed by atoms with E-state index in [9.17, 15) is 10.1 Å². The Bertz CT molecular complexity index is 1250. The van der Waals surface area contributed by atoms with Crippen LogP contribution < -0.4 is 5.32 Å². The van der Waals surface area contributed by atoms with Gasteiger partial charge < -0.3 is 10.1 Å². The molecule has 1 saturated heterocycles. The Morgan fingerprint density at radius 1 is 1.27 bits per heavy atom. The number of nitrogens with zero attached hydrogens (tertiary/aromatic N) is 6. The predicted molar refractivity (Wildman–Crippen MR) is 122 cm³/mol. The summed E-state index contributed by atoms with van der Waals surface area (Å²) in [6.07, 6.45) is 7.12. The maximum atomic E-state index is 13.0. The van der Waals surface area contributed by atoms with Crippen molar-refractivity contribution in [3.05, 3.63) is 47.7 Å². The molecule has 1 amide bonds. The number of amides is 1. The number of pyridine rings is 1. The molecule has 170 valence electrons. The molecule has 2 fully saturated rings. The van der Waals surface area contributed by atoms with Crippen molar-refractivity contribution in [3.8, 4) is 11.9 Å². The van der Waals surface area contributed by atoms with Crippen molar-refractivity contribution in [2.45, 2.75) is 51.2 Å². The monoisotopic (exact) mass is 445 g/mol. The quantitative estimate of drug-likeness (QED) is 0.658. The van der Waals surface area contributed by atoms with Crippen molar-refractivity contribution in [3.63, 3.8) is 0 Å². The van der Waals surface area contributed by atoms with E-state index < -0.39 is 5.60 Å². The second-order valence-corrected chi connectivity index (χ2v) is 9.59. The van der Waals surface area contributed by atoms with E-state index in [4.69, 9.17) is 4.74 Å². The lowest BCUT2D eigenvalue weighted by molar-refractivity contribution is 0.0115. The molecule has 4 heterocycles. The van der Waals surface area contributed by atoms with Crippen LogP contribution in [0.4, 0.5) is 4.79 Å². The number of rotatable bonds is 3. The molecule has 33 heavy (non-hydrogen) atoms. The summed E-state index contributed by atoms with van der Waals surface area (Å²) >= 11 is 0. The number of carbonyl (C=O) groups excluding carboxylic acids is 1. The molecule has 3 aromatic heterocycles. The number of nitriles is 1. The van der Waals surface area contributed by atoms with Crippen molar-refractivity contribution < 1.29 is 9.53 Å². The van der Waals surface area contributed by atoms with Crippen LogP contribution in [0.1, 0.15) is 62.4 Å². The molecule has 0 bridgehead atoms. The smallest absolute Gasteiger partial charge is 0.410 e. The third kappa shape index (κ3) is 4.14. The van der Waals surface area contributed by atoms with Gasteiger partial charge in [0.05, 0.1) is 23.4 Å². The summed E-state index contributed by atoms with van der Waals surface area (Å²) < 4.78 is 7.63. The number of ether oxygens (including phenoxy) is 1. The molecule has 1 unspecified atom stereocenters. The third-order valence-electron chi connectivity index (χ3n) is 5.97. The topological polar surface area (TPSA) is 109 Å². The zero-order chi connectivity index (χ0) is 23.2. The Balaban J connectivity index is 1.64. The molecule has 0 aromatic carbocycles. The molecule has 5 rings (SSSR count). The van der Waals surface area contributed by atoms with E-state index in [1.165, 1.54) is 5.56 Å². The van der Waals surface area contributed by atoms with Crippen molar-refractivity contribution in [2.24, 2.45) is 0 Å². The van der Waals surface area contributed by atoms with Gasteiger partial charge in [-0.1, -0.05) is 0 Å². The minimum Gasteiger partial charge on any atom is -0.444 e. The zero-order valence-electron chi connectivity index (χ0n) is 19.1. The Kier molecular flexibility index (Phi) is 5.25. The second kappa shape index (κ2) is 8.12. The number of hydrogen-bond donors (Lipinski definition) is 1. The molecule has 1 aliphatic heterocycles. The maximum Gasteiger partial charge on any atom is 0.410 e. The van der Waals surface area contributed by atoms with Gasteiger partial charge in [0.25, 0.3) is 0 Å². The Labute approximate surface area is 192 Å². The molecule has 1 atom stereocenters. The Morgan fingerprint density at radius 3 is 2.82 bits per heavy atom. The molecule has 3 aromatic rings. The first-order valence-corrected chi connectivity index (χ1v) is 11.3. The summed E-state index contributed by atoms with van der Waals surface area (Å²) in [6.45, 7) is 7.44. The molecule has 1 saturated carbocycles. The van der Waals surface area contributed by atoms with E-state index in [1.807, 2.05) is 25.3 Å². The zero-order valence-corrected chi connectivity index (χ0v) is 19.1. The van der Waals surface area contributed by atoms with Gasteiger partial charge in [-0.15, -0.1) is 0 Å². The number of nitrogens with one attached hydrogen (secondary N) is 1. The largest absolute Gasteiger partial charge is 0.444 e. The van der Waals surface area contributed by atoms with Crippen LogP contribution in [-0.2, 0) is 4.74 Å². The molecule has 2 aliphatic rings. The average Bonchev–Trinajstić information content (AvgIpc) is 3.57. The molecule has 0 spiro atoms. The van der Waals surface area contributed by atoms with E-state index in [0.29, 0.717) is 36.9 Å². The van der Waals surface area contributed by atoms with Gasteiger partial charge in [0, 0.05) is 37.4 Å². The van der Waals surface area contributed by atoms with Gasteiger partial charge >= 0.3 is 6.09 Å². The van der Waals surface area contributed by atoms with Crippen LogP contribution in [0, 0.1) is 11.3 Å². The molecule has 9 heteroatoms. The lowest BCUT2D eigenvalue weighted by atomic mass is 10.0. The fourth-order valence-corrected chi connectivity index (χ4v) is 4.35. The first-order valence-electron chi connectivity index (χ1n) is 11.3. The van der Waals surface area contributed by atoms with Gasteiger partial charge in [0.15, 0.2) is 0 Å². The minimum absolute atomic E-state index is 0.272. The van der Waals surface area contributed by atoms with Gasteiger partial charge in [-0.2, -0.15) is 5.26 Å². The van der Waals surface area contributed by atoms with E-state index in [2.05, 4.69) is 32.5 Å². The summed E-state index contributed by atoms with van der Waals surface area (Å²) in [7, 11) is 0. The van der Waals surface area contributed by atoms with Gasteiger partial charge in [-0.05, 0) is 57.2 Å². The van der Waals surface area contributed by atoms with Crippen LogP contribution in [-0.4, -0.2) is 55.7 Å². The van der Waals surface area contributed by atoms with E-state index in [-0.39, 0.29) is 12.1 Å². The average molecular weight is 446 g/mol. The van der Waals surface area contributed by atoms with Crippen molar-refractivity contribution in [1.29, 1.82) is 5.26 Å². The molecule has 1 N–H and O–H groups in total. The summed E-state index contributed by atoms with van der Waals surface area (Å²) in [5.41, 5.74) is 2.68. The SMILES string of the molecule is CC(C)(C)OC(=O)N1CCNCC1c1ncnc2c1c(C1CC1)cn2-c1cc(C#N)ccn1. The van der Waals surface area contributed by atoms with Crippen molar-refractivity contribution in [1.82, 2.24) is 29.7 Å². The minimum atomic E-state index is -0.576. The summed E-state index contributed by atoms with van der Waals surface area (Å²) in [4.78, 5) is 28.6. The molecular formula is C24H27N7O2. The number of piperazine rings is 1. The van der Waals surface area contributed by atoms with Gasteiger partial charge in [-0.3, -0.25) is 9.47 Å². The fraction of sp³-hybridized carbons (Fsp3) is 0.458. The van der Waals surface area contributed by atoms with Crippen molar-refractivity contribution >= 4 is 17.1 Å². The number of carbonyl (C=O) groups is 1. The Morgan fingerprint density at radius 2 is 2.09 bits per heavy atom. The lowest BCUT2D eigenvalue weighted by Gasteiger charge is -2.37. The highest BCUT2D eigenvalue weighted by Crippen LogP contribution is 2.45. The Hall–Kier alpha value is -3.51. The molecule has 9 nitrogen and oxygen atoms in total. The van der Waals surface area contributed by atoms with Gasteiger partial charge in [-0.25, -0.2) is 19.7 Å². The van der Waals surface area contributed by atoms with E-state index >= 15 is 0 Å². The summed E-state index contributed by atoms with van der Waals surface area (Å²) in [5.74, 6) is 1.07.